The third kappa shape index (κ3) is 4.07. The first-order valence-electron chi connectivity index (χ1n) is 8.11. The van der Waals surface area contributed by atoms with Gasteiger partial charge in [0.1, 0.15) is 0 Å². The fourth-order valence-corrected chi connectivity index (χ4v) is 2.69. The lowest BCUT2D eigenvalue weighted by Gasteiger charge is -2.19. The number of carbonyl (C=O) groups is 1. The summed E-state index contributed by atoms with van der Waals surface area (Å²) in [7, 11) is 0. The molecule has 0 radical (unpaired) electrons. The minimum Gasteiger partial charge on any atom is -0.350 e. The van der Waals surface area contributed by atoms with Crippen molar-refractivity contribution in [3.63, 3.8) is 0 Å². The topological polar surface area (TPSA) is 61.0 Å². The lowest BCUT2D eigenvalue weighted by Crippen LogP contribution is -2.33. The Hall–Kier alpha value is -1.88. The van der Waals surface area contributed by atoms with E-state index in [1.54, 1.807) is 6.20 Å². The maximum atomic E-state index is 12.4. The summed E-state index contributed by atoms with van der Waals surface area (Å²) in [6.45, 7) is 9.67. The smallest absolute Gasteiger partial charge is 0.253 e. The van der Waals surface area contributed by atoms with Gasteiger partial charge in [0.15, 0.2) is 0 Å². The van der Waals surface area contributed by atoms with Gasteiger partial charge in [0.25, 0.3) is 5.91 Å². The molecule has 2 N–H and O–H groups in total. The first-order valence-corrected chi connectivity index (χ1v) is 8.11. The zero-order valence-corrected chi connectivity index (χ0v) is 13.7. The van der Waals surface area contributed by atoms with Crippen LogP contribution >= 0.6 is 0 Å². The average molecular weight is 302 g/mol. The monoisotopic (exact) mass is 302 g/mol. The minimum absolute atomic E-state index is 0.0369. The fraction of sp³-hybridized carbons (Fsp3) is 0.529. The van der Waals surface area contributed by atoms with Crippen molar-refractivity contribution < 1.29 is 4.79 Å². The van der Waals surface area contributed by atoms with Crippen molar-refractivity contribution in [3.8, 4) is 0 Å². The molecule has 2 aromatic rings. The molecule has 1 atom stereocenters. The molecule has 5 nitrogen and oxygen atoms in total. The van der Waals surface area contributed by atoms with Gasteiger partial charge in [0.05, 0.1) is 17.3 Å². The number of aromatic amines is 1. The predicted molar refractivity (Wildman–Crippen MR) is 90.0 cm³/mol. The van der Waals surface area contributed by atoms with Crippen LogP contribution in [0.3, 0.4) is 0 Å². The van der Waals surface area contributed by atoms with E-state index in [9.17, 15) is 4.79 Å². The number of hydrogen-bond donors (Lipinski definition) is 2. The van der Waals surface area contributed by atoms with E-state index in [1.807, 2.05) is 18.2 Å². The summed E-state index contributed by atoms with van der Waals surface area (Å²) in [4.78, 5) is 14.8. The van der Waals surface area contributed by atoms with Gasteiger partial charge in [-0.15, -0.1) is 0 Å². The Morgan fingerprint density at radius 1 is 1.36 bits per heavy atom. The predicted octanol–water partition coefficient (Wildman–Crippen LogP) is 2.80. The van der Waals surface area contributed by atoms with Gasteiger partial charge < -0.3 is 10.2 Å². The van der Waals surface area contributed by atoms with Crippen molar-refractivity contribution in [3.05, 3.63) is 30.0 Å². The van der Waals surface area contributed by atoms with E-state index >= 15 is 0 Å². The van der Waals surface area contributed by atoms with Crippen molar-refractivity contribution >= 4 is 16.8 Å². The Bertz CT molecular complexity index is 603. The summed E-state index contributed by atoms with van der Waals surface area (Å²) in [5, 5.41) is 10.9. The second-order valence-electron chi connectivity index (χ2n) is 5.68. The molecular formula is C17H26N4O. The highest BCUT2D eigenvalue weighted by molar-refractivity contribution is 6.05. The molecule has 2 rings (SSSR count). The Labute approximate surface area is 132 Å². The molecule has 0 aliphatic carbocycles. The molecule has 120 valence electrons. The number of carbonyl (C=O) groups excluding carboxylic acids is 1. The molecule has 0 fully saturated rings. The van der Waals surface area contributed by atoms with Crippen molar-refractivity contribution in [2.45, 2.75) is 39.7 Å². The zero-order chi connectivity index (χ0) is 15.9. The summed E-state index contributed by atoms with van der Waals surface area (Å²) in [5.74, 6) is -0.0369. The van der Waals surface area contributed by atoms with Crippen LogP contribution in [0, 0.1) is 0 Å². The van der Waals surface area contributed by atoms with Crippen LogP contribution in [-0.2, 0) is 0 Å². The highest BCUT2D eigenvalue weighted by Crippen LogP contribution is 2.15. The van der Waals surface area contributed by atoms with E-state index in [2.05, 4.69) is 41.2 Å². The quantitative estimate of drug-likeness (QED) is 0.788. The van der Waals surface area contributed by atoms with E-state index < -0.39 is 0 Å². The van der Waals surface area contributed by atoms with Crippen LogP contribution in [0.4, 0.5) is 0 Å². The first-order chi connectivity index (χ1) is 10.7. The van der Waals surface area contributed by atoms with E-state index in [4.69, 9.17) is 0 Å². The molecule has 1 aromatic heterocycles. The van der Waals surface area contributed by atoms with Crippen LogP contribution in [0.25, 0.3) is 10.9 Å². The average Bonchev–Trinajstić information content (AvgIpc) is 2.99. The zero-order valence-electron chi connectivity index (χ0n) is 13.7. The summed E-state index contributed by atoms with van der Waals surface area (Å²) in [6.07, 6.45) is 3.82. The maximum Gasteiger partial charge on any atom is 0.253 e. The molecular weight excluding hydrogens is 276 g/mol. The molecule has 0 saturated carbocycles. The third-order valence-corrected chi connectivity index (χ3v) is 4.10. The van der Waals surface area contributed by atoms with Gasteiger partial charge in [0, 0.05) is 11.4 Å². The summed E-state index contributed by atoms with van der Waals surface area (Å²) < 4.78 is 0. The van der Waals surface area contributed by atoms with Gasteiger partial charge in [-0.1, -0.05) is 26.0 Å². The fourth-order valence-electron chi connectivity index (χ4n) is 2.69. The third-order valence-electron chi connectivity index (χ3n) is 4.10. The molecule has 0 unspecified atom stereocenters. The molecule has 0 saturated heterocycles. The number of nitrogens with one attached hydrogen (secondary N) is 2. The number of H-pyrrole nitrogens is 1. The highest BCUT2D eigenvalue weighted by Gasteiger charge is 2.13. The van der Waals surface area contributed by atoms with E-state index in [0.29, 0.717) is 5.56 Å². The van der Waals surface area contributed by atoms with Gasteiger partial charge in [-0.25, -0.2) is 0 Å². The lowest BCUT2D eigenvalue weighted by molar-refractivity contribution is 0.0938. The first kappa shape index (κ1) is 16.5. The van der Waals surface area contributed by atoms with Crippen LogP contribution < -0.4 is 5.32 Å². The Kier molecular flexibility index (Phi) is 5.95. The number of hydrogen-bond acceptors (Lipinski definition) is 3. The van der Waals surface area contributed by atoms with E-state index in [1.165, 1.54) is 0 Å². The Morgan fingerprint density at radius 2 is 2.14 bits per heavy atom. The molecule has 1 aromatic carbocycles. The number of nitrogens with zero attached hydrogens (tertiary/aromatic N) is 2. The van der Waals surface area contributed by atoms with Crippen LogP contribution in [0.5, 0.6) is 0 Å². The van der Waals surface area contributed by atoms with E-state index in [0.717, 1.165) is 43.4 Å². The van der Waals surface area contributed by atoms with Crippen molar-refractivity contribution in [1.29, 1.82) is 0 Å². The highest BCUT2D eigenvalue weighted by atomic mass is 16.1. The number of fused-ring (bicyclic) bond motifs is 1. The Morgan fingerprint density at radius 3 is 2.86 bits per heavy atom. The van der Waals surface area contributed by atoms with E-state index in [-0.39, 0.29) is 11.9 Å². The summed E-state index contributed by atoms with van der Waals surface area (Å²) in [6, 6.07) is 5.83. The molecule has 0 aliphatic rings. The molecule has 1 amide bonds. The number of para-hydroxylation sites is 1. The largest absolute Gasteiger partial charge is 0.350 e. The molecule has 0 bridgehead atoms. The Balaban J connectivity index is 1.87. The summed E-state index contributed by atoms with van der Waals surface area (Å²) >= 11 is 0. The second-order valence-corrected chi connectivity index (χ2v) is 5.68. The van der Waals surface area contributed by atoms with Crippen LogP contribution in [-0.4, -0.2) is 46.7 Å². The van der Waals surface area contributed by atoms with Gasteiger partial charge in [-0.05, 0) is 45.5 Å². The minimum atomic E-state index is -0.0369. The number of rotatable bonds is 8. The molecule has 1 heterocycles. The molecule has 0 spiro atoms. The van der Waals surface area contributed by atoms with Gasteiger partial charge in [-0.2, -0.15) is 5.10 Å². The van der Waals surface area contributed by atoms with Crippen molar-refractivity contribution in [2.75, 3.05) is 19.6 Å². The normalized spacial score (nSPS) is 12.7. The van der Waals surface area contributed by atoms with Crippen LogP contribution in [0.1, 0.15) is 44.0 Å². The lowest BCUT2D eigenvalue weighted by atomic mass is 10.1. The van der Waals surface area contributed by atoms with Gasteiger partial charge in [-0.3, -0.25) is 9.89 Å². The summed E-state index contributed by atoms with van der Waals surface area (Å²) in [5.41, 5.74) is 1.46. The SMILES string of the molecule is CCN(CC)CCC[C@H](C)NC(=O)c1cccc2cn[nH]c12. The van der Waals surface area contributed by atoms with Crippen LogP contribution in [0.15, 0.2) is 24.4 Å². The van der Waals surface area contributed by atoms with Crippen molar-refractivity contribution in [1.82, 2.24) is 20.4 Å². The molecule has 5 heteroatoms. The second kappa shape index (κ2) is 7.94. The number of benzene rings is 1. The van der Waals surface area contributed by atoms with Gasteiger partial charge in [0.2, 0.25) is 0 Å². The standard InChI is InChI=1S/C17H26N4O/c1-4-21(5-2)11-7-8-13(3)19-17(22)15-10-6-9-14-12-18-20-16(14)15/h6,9-10,12-13H,4-5,7-8,11H2,1-3H3,(H,18,20)(H,19,22)/t13-/m0/s1. The number of aromatic nitrogens is 2. The number of amides is 1. The maximum absolute atomic E-state index is 12.4. The van der Waals surface area contributed by atoms with Crippen LogP contribution in [0.2, 0.25) is 0 Å². The molecule has 22 heavy (non-hydrogen) atoms. The molecule has 0 aliphatic heterocycles. The van der Waals surface area contributed by atoms with Gasteiger partial charge >= 0.3 is 0 Å². The van der Waals surface area contributed by atoms with Crippen molar-refractivity contribution in [2.24, 2.45) is 0 Å².